The molecule has 2 heterocycles. The molecule has 0 spiro atoms. The van der Waals surface area contributed by atoms with Gasteiger partial charge in [-0.05, 0) is 36.6 Å². The van der Waals surface area contributed by atoms with Gasteiger partial charge < -0.3 is 5.32 Å². The Morgan fingerprint density at radius 3 is 2.79 bits per heavy atom. The number of nitrogens with one attached hydrogen (secondary N) is 1. The molecule has 0 atom stereocenters. The van der Waals surface area contributed by atoms with Crippen molar-refractivity contribution in [1.82, 2.24) is 14.7 Å². The standard InChI is InChI=1S/C19H18ClN3O/c20-19-16(23-14-5-4-10-17(23)22-19)11-12-18(24)21-13-6-9-15-7-2-1-3-8-15/h1-5,7-8,10-12,14H,6,9,13H2,(H,21,24)/b12-11+. The molecule has 3 aromatic rings. The highest BCUT2D eigenvalue weighted by atomic mass is 35.5. The summed E-state index contributed by atoms with van der Waals surface area (Å²) >= 11 is 6.13. The fourth-order valence-electron chi connectivity index (χ4n) is 2.50. The van der Waals surface area contributed by atoms with E-state index in [1.54, 1.807) is 6.08 Å². The van der Waals surface area contributed by atoms with Crippen molar-refractivity contribution < 1.29 is 4.79 Å². The lowest BCUT2D eigenvalue weighted by atomic mass is 10.1. The Bertz CT molecular complexity index is 855. The number of nitrogens with zero attached hydrogens (tertiary/aromatic N) is 2. The second-order valence-corrected chi connectivity index (χ2v) is 5.79. The molecule has 0 saturated carbocycles. The molecule has 24 heavy (non-hydrogen) atoms. The second-order valence-electron chi connectivity index (χ2n) is 5.43. The summed E-state index contributed by atoms with van der Waals surface area (Å²) in [4.78, 5) is 16.2. The van der Waals surface area contributed by atoms with Gasteiger partial charge in [-0.3, -0.25) is 9.20 Å². The lowest BCUT2D eigenvalue weighted by molar-refractivity contribution is -0.116. The Hall–Kier alpha value is -2.59. The highest BCUT2D eigenvalue weighted by molar-refractivity contribution is 6.31. The predicted octanol–water partition coefficient (Wildman–Crippen LogP) is 3.75. The van der Waals surface area contributed by atoms with Crippen LogP contribution >= 0.6 is 11.6 Å². The van der Waals surface area contributed by atoms with Gasteiger partial charge in [0.1, 0.15) is 5.65 Å². The number of benzene rings is 1. The van der Waals surface area contributed by atoms with Crippen LogP contribution in [0.2, 0.25) is 5.15 Å². The summed E-state index contributed by atoms with van der Waals surface area (Å²) in [6, 6.07) is 15.9. The number of imidazole rings is 1. The van der Waals surface area contributed by atoms with Crippen LogP contribution < -0.4 is 5.32 Å². The van der Waals surface area contributed by atoms with Gasteiger partial charge in [-0.25, -0.2) is 4.98 Å². The molecule has 5 heteroatoms. The summed E-state index contributed by atoms with van der Waals surface area (Å²) in [6.45, 7) is 0.638. The number of carbonyl (C=O) groups is 1. The van der Waals surface area contributed by atoms with Gasteiger partial charge in [-0.15, -0.1) is 0 Å². The number of aromatic nitrogens is 2. The molecule has 0 aliphatic rings. The van der Waals surface area contributed by atoms with Gasteiger partial charge >= 0.3 is 0 Å². The molecule has 0 bridgehead atoms. The Morgan fingerprint density at radius 1 is 1.17 bits per heavy atom. The molecule has 122 valence electrons. The van der Waals surface area contributed by atoms with Crippen molar-refractivity contribution in [2.24, 2.45) is 0 Å². The molecule has 1 amide bonds. The first kappa shape index (κ1) is 16.3. The number of rotatable bonds is 6. The number of hydrogen-bond acceptors (Lipinski definition) is 2. The van der Waals surface area contributed by atoms with Gasteiger partial charge in [0.15, 0.2) is 5.15 Å². The minimum atomic E-state index is -0.134. The van der Waals surface area contributed by atoms with Crippen LogP contribution in [0.25, 0.3) is 11.7 Å². The second kappa shape index (κ2) is 7.79. The van der Waals surface area contributed by atoms with E-state index in [0.717, 1.165) is 18.5 Å². The van der Waals surface area contributed by atoms with E-state index in [-0.39, 0.29) is 5.91 Å². The number of hydrogen-bond donors (Lipinski definition) is 1. The number of fused-ring (bicyclic) bond motifs is 1. The smallest absolute Gasteiger partial charge is 0.244 e. The van der Waals surface area contributed by atoms with Gasteiger partial charge in [0, 0.05) is 18.8 Å². The molecule has 0 unspecified atom stereocenters. The quantitative estimate of drug-likeness (QED) is 0.549. The van der Waals surface area contributed by atoms with Crippen molar-refractivity contribution in [2.75, 3.05) is 6.54 Å². The van der Waals surface area contributed by atoms with Gasteiger partial charge in [-0.2, -0.15) is 0 Å². The summed E-state index contributed by atoms with van der Waals surface area (Å²) in [7, 11) is 0. The number of amides is 1. The van der Waals surface area contributed by atoms with Crippen molar-refractivity contribution in [3.05, 3.63) is 77.2 Å². The maximum absolute atomic E-state index is 11.9. The van der Waals surface area contributed by atoms with E-state index in [4.69, 9.17) is 11.6 Å². The molecule has 1 N–H and O–H groups in total. The number of carbonyl (C=O) groups excluding carboxylic acids is 1. The van der Waals surface area contributed by atoms with E-state index in [1.165, 1.54) is 11.6 Å². The van der Waals surface area contributed by atoms with Crippen molar-refractivity contribution >= 4 is 29.2 Å². The predicted molar refractivity (Wildman–Crippen MR) is 97.0 cm³/mol. The highest BCUT2D eigenvalue weighted by Gasteiger charge is 2.07. The van der Waals surface area contributed by atoms with Crippen LogP contribution in [0, 0.1) is 0 Å². The van der Waals surface area contributed by atoms with E-state index in [0.29, 0.717) is 17.4 Å². The van der Waals surface area contributed by atoms with E-state index in [9.17, 15) is 4.79 Å². The molecule has 0 saturated heterocycles. The van der Waals surface area contributed by atoms with Gasteiger partial charge in [0.2, 0.25) is 5.91 Å². The van der Waals surface area contributed by atoms with Crippen LogP contribution in [0.4, 0.5) is 0 Å². The third-order valence-corrected chi connectivity index (χ3v) is 3.98. The van der Waals surface area contributed by atoms with Crippen molar-refractivity contribution in [3.63, 3.8) is 0 Å². The molecule has 2 aromatic heterocycles. The molecular weight excluding hydrogens is 322 g/mol. The van der Waals surface area contributed by atoms with Gasteiger partial charge in [-0.1, -0.05) is 48.0 Å². The van der Waals surface area contributed by atoms with Crippen molar-refractivity contribution in [3.8, 4) is 0 Å². The molecule has 4 nitrogen and oxygen atoms in total. The third kappa shape index (κ3) is 4.03. The zero-order valence-corrected chi connectivity index (χ0v) is 13.9. The molecule has 1 aromatic carbocycles. The van der Waals surface area contributed by atoms with Crippen molar-refractivity contribution in [1.29, 1.82) is 0 Å². The zero-order chi connectivity index (χ0) is 16.8. The molecular formula is C19H18ClN3O. The van der Waals surface area contributed by atoms with E-state index < -0.39 is 0 Å². The summed E-state index contributed by atoms with van der Waals surface area (Å²) in [6.07, 6.45) is 6.90. The monoisotopic (exact) mass is 339 g/mol. The van der Waals surface area contributed by atoms with Crippen LogP contribution in [0.1, 0.15) is 17.7 Å². The molecule has 0 radical (unpaired) electrons. The Morgan fingerprint density at radius 2 is 1.96 bits per heavy atom. The summed E-state index contributed by atoms with van der Waals surface area (Å²) in [5, 5.41) is 3.27. The average molecular weight is 340 g/mol. The molecule has 3 rings (SSSR count). The fourth-order valence-corrected chi connectivity index (χ4v) is 2.74. The summed E-state index contributed by atoms with van der Waals surface area (Å²) in [5.41, 5.74) is 2.73. The minimum Gasteiger partial charge on any atom is -0.353 e. The fraction of sp³-hybridized carbons (Fsp3) is 0.158. The topological polar surface area (TPSA) is 46.4 Å². The van der Waals surface area contributed by atoms with Gasteiger partial charge in [0.05, 0.1) is 5.69 Å². The number of halogens is 1. The maximum atomic E-state index is 11.9. The maximum Gasteiger partial charge on any atom is 0.244 e. The molecule has 0 aliphatic heterocycles. The average Bonchev–Trinajstić information content (AvgIpc) is 2.93. The summed E-state index contributed by atoms with van der Waals surface area (Å²) in [5.74, 6) is -0.134. The zero-order valence-electron chi connectivity index (χ0n) is 13.2. The third-order valence-electron chi connectivity index (χ3n) is 3.70. The first-order chi connectivity index (χ1) is 11.7. The van der Waals surface area contributed by atoms with Crippen molar-refractivity contribution in [2.45, 2.75) is 12.8 Å². The number of pyridine rings is 1. The molecule has 0 fully saturated rings. The Kier molecular flexibility index (Phi) is 5.29. The first-order valence-corrected chi connectivity index (χ1v) is 8.24. The number of aryl methyl sites for hydroxylation is 1. The molecule has 0 aliphatic carbocycles. The Labute approximate surface area is 145 Å². The van der Waals surface area contributed by atoms with E-state index in [1.807, 2.05) is 47.0 Å². The van der Waals surface area contributed by atoms with Gasteiger partial charge in [0.25, 0.3) is 0 Å². The van der Waals surface area contributed by atoms with E-state index in [2.05, 4.69) is 22.4 Å². The first-order valence-electron chi connectivity index (χ1n) is 7.86. The largest absolute Gasteiger partial charge is 0.353 e. The SMILES string of the molecule is O=C(/C=C/c1c(Cl)nc2ccccn12)NCCCc1ccccc1. The lowest BCUT2D eigenvalue weighted by Crippen LogP contribution is -2.22. The van der Waals surface area contributed by atoms with Crippen LogP contribution in [0.15, 0.2) is 60.8 Å². The lowest BCUT2D eigenvalue weighted by Gasteiger charge is -2.03. The normalized spacial score (nSPS) is 11.2. The van der Waals surface area contributed by atoms with Crippen LogP contribution in [-0.2, 0) is 11.2 Å². The highest BCUT2D eigenvalue weighted by Crippen LogP contribution is 2.18. The summed E-state index contributed by atoms with van der Waals surface area (Å²) < 4.78 is 1.85. The Balaban J connectivity index is 1.52. The van der Waals surface area contributed by atoms with Crippen LogP contribution in [0.3, 0.4) is 0 Å². The van der Waals surface area contributed by atoms with Crippen LogP contribution in [0.5, 0.6) is 0 Å². The minimum absolute atomic E-state index is 0.134. The van der Waals surface area contributed by atoms with Crippen LogP contribution in [-0.4, -0.2) is 21.8 Å². The van der Waals surface area contributed by atoms with E-state index >= 15 is 0 Å².